The standard InChI is InChI=1S/C16H16N4O8S.C16H17N3O4S/c1-26-19-9(8-3-2-4-27-8)12(21)18-10-13(22)20-11(15(23)24)7(5-28-16(17)25)6-29-14(10)20;1-8-7-24-15-11(14(21)19(15)12(8)16(22)23)18-13(20)10(17)9-5-3-2-4-6-9/h2-4,10,14H,5-6H2,1H3,(H2,17,25)(H,18,21)(H,23,24);2-6,10-11,15H,7,17H2,1H3,(H,18,20)(H,22,23)/b19-9+;/t10-,14-;10-,11-,15-/m11/s1. The maximum Gasteiger partial charge on any atom is 0.404 e. The number of aliphatic carboxylic acids is 2. The van der Waals surface area contributed by atoms with Gasteiger partial charge in [-0.3, -0.25) is 29.0 Å². The van der Waals surface area contributed by atoms with Crippen molar-refractivity contribution >= 4 is 70.9 Å². The maximum atomic E-state index is 12.6. The van der Waals surface area contributed by atoms with Crippen LogP contribution in [0.1, 0.15) is 24.3 Å². The van der Waals surface area contributed by atoms with Crippen LogP contribution in [-0.4, -0.2) is 115 Å². The summed E-state index contributed by atoms with van der Waals surface area (Å²) in [5, 5.41) is 26.5. The lowest BCUT2D eigenvalue weighted by Gasteiger charge is -2.49. The Labute approximate surface area is 308 Å². The summed E-state index contributed by atoms with van der Waals surface area (Å²) >= 11 is 2.64. The number of carboxylic acids is 2. The van der Waals surface area contributed by atoms with Crippen LogP contribution in [0.3, 0.4) is 0 Å². The molecule has 1 aromatic heterocycles. The summed E-state index contributed by atoms with van der Waals surface area (Å²) in [5.41, 5.74) is 11.9. The first-order valence-electron chi connectivity index (χ1n) is 15.5. The minimum Gasteiger partial charge on any atom is -0.477 e. The van der Waals surface area contributed by atoms with E-state index in [9.17, 15) is 43.8 Å². The van der Waals surface area contributed by atoms with Crippen LogP contribution >= 0.6 is 23.5 Å². The quantitative estimate of drug-likeness (QED) is 0.0989. The van der Waals surface area contributed by atoms with E-state index < -0.39 is 70.5 Å². The van der Waals surface area contributed by atoms with Gasteiger partial charge in [-0.1, -0.05) is 35.5 Å². The molecule has 0 spiro atoms. The summed E-state index contributed by atoms with van der Waals surface area (Å²) in [6.07, 6.45) is 0.290. The highest BCUT2D eigenvalue weighted by Gasteiger charge is 2.55. The number of carboxylic acid groups (broad SMARTS) is 2. The lowest BCUT2D eigenvalue weighted by atomic mass is 10.0. The number of β-lactam (4-membered cyclic amide) rings is 2. The van der Waals surface area contributed by atoms with E-state index in [-0.39, 0.29) is 40.8 Å². The summed E-state index contributed by atoms with van der Waals surface area (Å²) in [4.78, 5) is 90.5. The molecule has 53 heavy (non-hydrogen) atoms. The second kappa shape index (κ2) is 16.3. The van der Waals surface area contributed by atoms with Crippen molar-refractivity contribution in [3.05, 3.63) is 82.6 Å². The molecule has 6 rings (SSSR count). The van der Waals surface area contributed by atoms with Gasteiger partial charge < -0.3 is 46.3 Å². The smallest absolute Gasteiger partial charge is 0.404 e. The number of hydrogen-bond acceptors (Lipinski definition) is 14. The molecule has 2 fully saturated rings. The number of nitrogens with zero attached hydrogens (tertiary/aromatic N) is 3. The van der Waals surface area contributed by atoms with Gasteiger partial charge in [-0.15, -0.1) is 23.5 Å². The van der Waals surface area contributed by atoms with Crippen LogP contribution in [0.2, 0.25) is 0 Å². The van der Waals surface area contributed by atoms with Crippen LogP contribution in [0.25, 0.3) is 0 Å². The fourth-order valence-corrected chi connectivity index (χ4v) is 8.32. The number of amides is 5. The normalized spacial score (nSPS) is 22.5. The zero-order chi connectivity index (χ0) is 38.6. The molecule has 5 atom stereocenters. The van der Waals surface area contributed by atoms with E-state index >= 15 is 0 Å². The van der Waals surface area contributed by atoms with Crippen LogP contribution in [-0.2, 0) is 38.3 Å². The molecular formula is C32H33N7O12S2. The molecular weight excluding hydrogens is 739 g/mol. The van der Waals surface area contributed by atoms with Crippen molar-refractivity contribution in [2.75, 3.05) is 25.2 Å². The molecule has 0 aliphatic carbocycles. The number of benzene rings is 1. The van der Waals surface area contributed by atoms with Crippen molar-refractivity contribution in [1.29, 1.82) is 0 Å². The minimum atomic E-state index is -1.35. The number of furan rings is 1. The van der Waals surface area contributed by atoms with Gasteiger partial charge in [0.15, 0.2) is 5.76 Å². The first-order valence-corrected chi connectivity index (χ1v) is 17.6. The van der Waals surface area contributed by atoms with Gasteiger partial charge >= 0.3 is 18.0 Å². The summed E-state index contributed by atoms with van der Waals surface area (Å²) in [6.45, 7) is 1.35. The van der Waals surface area contributed by atoms with Crippen LogP contribution in [0.5, 0.6) is 0 Å². The Morgan fingerprint density at radius 2 is 1.55 bits per heavy atom. The lowest BCUT2D eigenvalue weighted by Crippen LogP contribution is -2.71. The number of thioether (sulfide) groups is 2. The zero-order valence-electron chi connectivity index (χ0n) is 27.9. The zero-order valence-corrected chi connectivity index (χ0v) is 29.5. The third-order valence-corrected chi connectivity index (χ3v) is 10.9. The van der Waals surface area contributed by atoms with Gasteiger partial charge in [0.2, 0.25) is 11.6 Å². The molecule has 8 N–H and O–H groups in total. The number of ether oxygens (including phenoxy) is 1. The maximum absolute atomic E-state index is 12.6. The monoisotopic (exact) mass is 771 g/mol. The second-order valence-corrected chi connectivity index (χ2v) is 13.8. The van der Waals surface area contributed by atoms with Crippen molar-refractivity contribution in [1.82, 2.24) is 20.4 Å². The predicted molar refractivity (Wildman–Crippen MR) is 186 cm³/mol. The predicted octanol–water partition coefficient (Wildman–Crippen LogP) is -0.0911. The minimum absolute atomic E-state index is 0.0154. The van der Waals surface area contributed by atoms with E-state index in [1.165, 1.54) is 47.9 Å². The highest BCUT2D eigenvalue weighted by atomic mass is 32.2. The van der Waals surface area contributed by atoms with Gasteiger partial charge in [0.25, 0.3) is 17.7 Å². The third-order valence-electron chi connectivity index (χ3n) is 8.18. The number of oxime groups is 1. The van der Waals surface area contributed by atoms with Crippen LogP contribution in [0, 0.1) is 0 Å². The van der Waals surface area contributed by atoms with E-state index in [1.807, 2.05) is 6.07 Å². The summed E-state index contributed by atoms with van der Waals surface area (Å²) in [5.74, 6) is -3.88. The molecule has 0 bridgehead atoms. The van der Waals surface area contributed by atoms with Crippen LogP contribution < -0.4 is 22.1 Å². The first-order chi connectivity index (χ1) is 25.3. The molecule has 4 aliphatic rings. The fraction of sp³-hybridized carbons (Fsp3) is 0.312. The van der Waals surface area contributed by atoms with E-state index in [0.717, 1.165) is 4.90 Å². The van der Waals surface area contributed by atoms with Gasteiger partial charge in [0.1, 0.15) is 54.0 Å². The van der Waals surface area contributed by atoms with Crippen molar-refractivity contribution in [2.45, 2.75) is 35.8 Å². The molecule has 21 heteroatoms. The molecule has 1 aromatic carbocycles. The number of hydrogen-bond donors (Lipinski definition) is 6. The number of rotatable bonds is 11. The average molecular weight is 772 g/mol. The number of primary amides is 1. The van der Waals surface area contributed by atoms with Crippen molar-refractivity contribution < 1.29 is 57.8 Å². The van der Waals surface area contributed by atoms with Gasteiger partial charge in [-0.2, -0.15) is 0 Å². The number of fused-ring (bicyclic) bond motifs is 2. The van der Waals surface area contributed by atoms with E-state index in [0.29, 0.717) is 16.9 Å². The topological polar surface area (TPSA) is 286 Å². The number of nitrogens with two attached hydrogens (primary N) is 2. The summed E-state index contributed by atoms with van der Waals surface area (Å²) in [6, 6.07) is 9.31. The highest BCUT2D eigenvalue weighted by Crippen LogP contribution is 2.41. The van der Waals surface area contributed by atoms with Crippen molar-refractivity contribution in [3.8, 4) is 0 Å². The van der Waals surface area contributed by atoms with E-state index in [4.69, 9.17) is 15.9 Å². The Bertz CT molecular complexity index is 1920. The van der Waals surface area contributed by atoms with Gasteiger partial charge in [0, 0.05) is 17.1 Å². The summed E-state index contributed by atoms with van der Waals surface area (Å²) < 4.78 is 9.79. The first kappa shape index (κ1) is 38.4. The molecule has 0 unspecified atom stereocenters. The molecule has 0 radical (unpaired) electrons. The molecule has 2 aromatic rings. The Morgan fingerprint density at radius 1 is 0.943 bits per heavy atom. The molecule has 4 aliphatic heterocycles. The Hall–Kier alpha value is -5.80. The molecule has 0 saturated carbocycles. The number of nitrogens with one attached hydrogen (secondary N) is 2. The Balaban J connectivity index is 0.000000208. The fourth-order valence-electron chi connectivity index (χ4n) is 5.70. The van der Waals surface area contributed by atoms with E-state index in [1.54, 1.807) is 37.3 Å². The average Bonchev–Trinajstić information content (AvgIpc) is 3.68. The lowest BCUT2D eigenvalue weighted by molar-refractivity contribution is -0.150. The van der Waals surface area contributed by atoms with Gasteiger partial charge in [0.05, 0.1) is 6.26 Å². The van der Waals surface area contributed by atoms with E-state index in [2.05, 4.69) is 25.4 Å². The van der Waals surface area contributed by atoms with Crippen molar-refractivity contribution in [2.24, 2.45) is 16.6 Å². The molecule has 5 heterocycles. The van der Waals surface area contributed by atoms with Gasteiger partial charge in [-0.05, 0) is 30.2 Å². The van der Waals surface area contributed by atoms with Crippen molar-refractivity contribution in [3.63, 3.8) is 0 Å². The molecule has 2 saturated heterocycles. The molecule has 280 valence electrons. The van der Waals surface area contributed by atoms with Gasteiger partial charge in [-0.25, -0.2) is 14.4 Å². The van der Waals surface area contributed by atoms with Crippen LogP contribution in [0.15, 0.2) is 80.8 Å². The highest BCUT2D eigenvalue weighted by molar-refractivity contribution is 8.00. The third kappa shape index (κ3) is 7.85. The summed E-state index contributed by atoms with van der Waals surface area (Å²) in [7, 11) is 1.25. The Kier molecular flexibility index (Phi) is 11.8. The molecule has 5 amide bonds. The second-order valence-electron chi connectivity index (χ2n) is 11.5. The number of carbonyl (C=O) groups excluding carboxylic acids is 5. The Morgan fingerprint density at radius 3 is 2.11 bits per heavy atom. The largest absolute Gasteiger partial charge is 0.477 e. The van der Waals surface area contributed by atoms with Crippen LogP contribution in [0.4, 0.5) is 4.79 Å². The SMILES string of the molecule is CC1=C(C(=O)O)N2C(=O)[C@@H](NC(=O)[C@H](N)c3ccccc3)[C@H]2SC1.CO/N=C(/C(=O)N[C@@H]1C(=O)N2C(C(=O)O)=C(COC(N)=O)CS[C@H]12)c1ccco1. The molecule has 19 nitrogen and oxygen atoms in total. The number of carbonyl (C=O) groups is 7.